The number of hydrogen-bond acceptors (Lipinski definition) is 0. The van der Waals surface area contributed by atoms with E-state index in [4.69, 9.17) is 0 Å². The quantitative estimate of drug-likeness (QED) is 0.255. The Hall–Kier alpha value is -1.61. The maximum absolute atomic E-state index is 3.72. The summed E-state index contributed by atoms with van der Waals surface area (Å²) in [5, 5.41) is 4.17. The average Bonchev–Trinajstić information content (AvgIpc) is 2.81. The summed E-state index contributed by atoms with van der Waals surface area (Å²) >= 11 is 2.34. The van der Waals surface area contributed by atoms with E-state index in [0.29, 0.717) is 0 Å². The van der Waals surface area contributed by atoms with E-state index < -0.39 is 20.2 Å². The molecule has 0 unspecified atom stereocenters. The standard InChI is InChI=1S/C26H24AsPSe/c29-28(25-17-9-3-10-18-25,26-19-11-4-12-20-26)22-21-27(23-13-5-1-6-14-23)24-15-7-2-8-16-24/h1-20H,21-22H2. The number of rotatable bonds is 7. The molecule has 0 heterocycles. The number of benzene rings is 4. The second-order valence-electron chi connectivity index (χ2n) is 6.96. The molecule has 0 atom stereocenters. The van der Waals surface area contributed by atoms with E-state index in [1.165, 1.54) is 22.0 Å². The van der Waals surface area contributed by atoms with Gasteiger partial charge < -0.3 is 0 Å². The van der Waals surface area contributed by atoms with E-state index in [1.54, 1.807) is 8.70 Å². The summed E-state index contributed by atoms with van der Waals surface area (Å²) in [6.07, 6.45) is 1.20. The molecule has 0 aliphatic carbocycles. The molecule has 144 valence electrons. The normalized spacial score (nSPS) is 11.5. The second kappa shape index (κ2) is 9.93. The molecule has 0 saturated carbocycles. The van der Waals surface area contributed by atoms with Crippen LogP contribution in [0.2, 0.25) is 5.21 Å². The van der Waals surface area contributed by atoms with Crippen molar-refractivity contribution < 1.29 is 0 Å². The molecule has 3 heteroatoms. The minimum absolute atomic E-state index is 1.20. The van der Waals surface area contributed by atoms with Crippen molar-refractivity contribution in [3.63, 3.8) is 0 Å². The third-order valence-corrected chi connectivity index (χ3v) is 18.1. The molecular weight excluding hydrogens is 497 g/mol. The van der Waals surface area contributed by atoms with Gasteiger partial charge in [-0.1, -0.05) is 0 Å². The SMILES string of the molecule is [Se]=P(CC[As](c1ccccc1)c1ccccc1)(c1ccccc1)c1ccccc1. The van der Waals surface area contributed by atoms with Gasteiger partial charge in [-0.2, -0.15) is 0 Å². The Morgan fingerprint density at radius 1 is 0.517 bits per heavy atom. The minimum atomic E-state index is -1.56. The van der Waals surface area contributed by atoms with Crippen LogP contribution in [0.4, 0.5) is 0 Å². The fraction of sp³-hybridized carbons (Fsp3) is 0.0769. The zero-order valence-electron chi connectivity index (χ0n) is 16.3. The van der Waals surface area contributed by atoms with E-state index in [2.05, 4.69) is 136 Å². The molecule has 0 aromatic heterocycles. The van der Waals surface area contributed by atoms with Crippen molar-refractivity contribution in [3.8, 4) is 0 Å². The predicted molar refractivity (Wildman–Crippen MR) is 132 cm³/mol. The molecule has 4 rings (SSSR count). The van der Waals surface area contributed by atoms with Gasteiger partial charge in [-0.15, -0.1) is 0 Å². The van der Waals surface area contributed by atoms with E-state index in [0.717, 1.165) is 0 Å². The zero-order chi connectivity index (χ0) is 19.9. The van der Waals surface area contributed by atoms with Crippen molar-refractivity contribution in [1.82, 2.24) is 0 Å². The fourth-order valence-electron chi connectivity index (χ4n) is 3.61. The van der Waals surface area contributed by atoms with Gasteiger partial charge >= 0.3 is 187 Å². The summed E-state index contributed by atoms with van der Waals surface area (Å²) in [6.45, 7) is 0. The predicted octanol–water partition coefficient (Wildman–Crippen LogP) is 4.05. The van der Waals surface area contributed by atoms with Gasteiger partial charge in [0.2, 0.25) is 0 Å². The van der Waals surface area contributed by atoms with Crippen LogP contribution >= 0.6 is 5.51 Å². The van der Waals surface area contributed by atoms with Crippen molar-refractivity contribution in [2.45, 2.75) is 5.21 Å². The van der Waals surface area contributed by atoms with Crippen LogP contribution in [0.15, 0.2) is 121 Å². The summed E-state index contributed by atoms with van der Waals surface area (Å²) in [4.78, 5) is 0. The van der Waals surface area contributed by atoms with Gasteiger partial charge in [0, 0.05) is 0 Å². The Bertz CT molecular complexity index is 984. The Morgan fingerprint density at radius 2 is 0.862 bits per heavy atom. The summed E-state index contributed by atoms with van der Waals surface area (Å²) in [7, 11) is 0. The van der Waals surface area contributed by atoms with Crippen molar-refractivity contribution in [2.24, 2.45) is 0 Å². The Morgan fingerprint density at radius 3 is 1.24 bits per heavy atom. The summed E-state index contributed by atoms with van der Waals surface area (Å²) < 4.78 is 3.08. The van der Waals surface area contributed by atoms with Crippen LogP contribution in [-0.2, 0) is 0 Å². The third-order valence-electron chi connectivity index (χ3n) is 5.12. The fourth-order valence-corrected chi connectivity index (χ4v) is 17.4. The van der Waals surface area contributed by atoms with E-state index >= 15 is 0 Å². The topological polar surface area (TPSA) is 0 Å². The van der Waals surface area contributed by atoms with Crippen LogP contribution < -0.4 is 19.3 Å². The number of hydrogen-bond donors (Lipinski definition) is 0. The molecule has 0 N–H and O–H groups in total. The van der Waals surface area contributed by atoms with Crippen LogP contribution in [0.5, 0.6) is 0 Å². The molecule has 4 aromatic rings. The molecule has 4 aromatic carbocycles. The monoisotopic (exact) mass is 522 g/mol. The van der Waals surface area contributed by atoms with Crippen molar-refractivity contribution in [3.05, 3.63) is 121 Å². The van der Waals surface area contributed by atoms with Gasteiger partial charge in [0.05, 0.1) is 0 Å². The van der Waals surface area contributed by atoms with Crippen molar-refractivity contribution >= 4 is 54.6 Å². The summed E-state index contributed by atoms with van der Waals surface area (Å²) in [5.74, 6) is 0. The van der Waals surface area contributed by atoms with Gasteiger partial charge in [-0.25, -0.2) is 0 Å². The van der Waals surface area contributed by atoms with Gasteiger partial charge in [-0.3, -0.25) is 0 Å². The molecule has 0 nitrogen and oxygen atoms in total. The molecule has 0 bridgehead atoms. The van der Waals surface area contributed by atoms with Crippen LogP contribution in [-0.4, -0.2) is 35.9 Å². The van der Waals surface area contributed by atoms with Gasteiger partial charge in [0.15, 0.2) is 0 Å². The van der Waals surface area contributed by atoms with E-state index in [1.807, 2.05) is 0 Å². The molecular formula is C26H24AsPSe. The van der Waals surface area contributed by atoms with Crippen LogP contribution in [0.25, 0.3) is 0 Å². The first-order valence-corrected chi connectivity index (χ1v) is 17.2. The second-order valence-corrected chi connectivity index (χ2v) is 18.7. The zero-order valence-corrected chi connectivity index (χ0v) is 20.7. The molecule has 0 amide bonds. The molecule has 29 heavy (non-hydrogen) atoms. The summed E-state index contributed by atoms with van der Waals surface area (Å²) in [6, 6.07) is 44.5. The molecule has 0 aliphatic heterocycles. The van der Waals surface area contributed by atoms with Crippen LogP contribution in [0.3, 0.4) is 0 Å². The van der Waals surface area contributed by atoms with Gasteiger partial charge in [-0.05, 0) is 0 Å². The molecule has 0 saturated heterocycles. The first kappa shape index (κ1) is 20.7. The van der Waals surface area contributed by atoms with E-state index in [9.17, 15) is 0 Å². The Balaban J connectivity index is 1.71. The average molecular weight is 521 g/mol. The molecule has 0 aliphatic rings. The Kier molecular flexibility index (Phi) is 7.07. The Labute approximate surface area is 186 Å². The first-order chi connectivity index (χ1) is 14.3. The molecule has 0 fully saturated rings. The van der Waals surface area contributed by atoms with Crippen LogP contribution in [0.1, 0.15) is 0 Å². The molecule has 0 spiro atoms. The van der Waals surface area contributed by atoms with Crippen molar-refractivity contribution in [1.29, 1.82) is 0 Å². The molecule has 0 radical (unpaired) electrons. The maximum atomic E-state index is 3.72. The summed E-state index contributed by atoms with van der Waals surface area (Å²) in [5.41, 5.74) is -1.56. The van der Waals surface area contributed by atoms with Crippen LogP contribution in [0, 0.1) is 0 Å². The van der Waals surface area contributed by atoms with E-state index in [-0.39, 0.29) is 0 Å². The first-order valence-electron chi connectivity index (χ1n) is 9.85. The third kappa shape index (κ3) is 4.94. The van der Waals surface area contributed by atoms with Crippen molar-refractivity contribution in [2.75, 3.05) is 6.16 Å². The van der Waals surface area contributed by atoms with Gasteiger partial charge in [0.1, 0.15) is 0 Å². The van der Waals surface area contributed by atoms with Gasteiger partial charge in [0.25, 0.3) is 0 Å².